The number of benzene rings is 1. The largest absolute Gasteiger partial charge is 0.348 e. The number of hydrogen-bond donors (Lipinski definition) is 2. The van der Waals surface area contributed by atoms with Gasteiger partial charge in [-0.25, -0.2) is 0 Å². The SMILES string of the molecule is C[C@H](CN)NC(=O)c1cc(Br)cc([N+](=O)[O-])c1. The molecule has 1 rings (SSSR count). The summed E-state index contributed by atoms with van der Waals surface area (Å²) in [5.74, 6) is -0.382. The molecule has 0 bridgehead atoms. The number of non-ortho nitro benzene ring substituents is 1. The molecule has 0 unspecified atom stereocenters. The summed E-state index contributed by atoms with van der Waals surface area (Å²) < 4.78 is 0.484. The van der Waals surface area contributed by atoms with Gasteiger partial charge in [-0.2, -0.15) is 0 Å². The molecular weight excluding hydrogens is 290 g/mol. The normalized spacial score (nSPS) is 11.9. The molecule has 0 saturated carbocycles. The van der Waals surface area contributed by atoms with E-state index in [1.165, 1.54) is 18.2 Å². The minimum Gasteiger partial charge on any atom is -0.348 e. The van der Waals surface area contributed by atoms with Gasteiger partial charge in [-0.15, -0.1) is 0 Å². The Balaban J connectivity index is 2.97. The summed E-state index contributed by atoms with van der Waals surface area (Å²) in [6.07, 6.45) is 0. The van der Waals surface area contributed by atoms with E-state index in [0.717, 1.165) is 0 Å². The predicted molar refractivity (Wildman–Crippen MR) is 66.8 cm³/mol. The van der Waals surface area contributed by atoms with Crippen LogP contribution in [0.2, 0.25) is 0 Å². The van der Waals surface area contributed by atoms with Crippen LogP contribution in [-0.2, 0) is 0 Å². The third-order valence-corrected chi connectivity index (χ3v) is 2.54. The van der Waals surface area contributed by atoms with Crippen molar-refractivity contribution in [3.05, 3.63) is 38.3 Å². The van der Waals surface area contributed by atoms with E-state index in [-0.39, 0.29) is 23.2 Å². The van der Waals surface area contributed by atoms with E-state index in [1.54, 1.807) is 6.92 Å². The van der Waals surface area contributed by atoms with Crippen molar-refractivity contribution < 1.29 is 9.72 Å². The molecule has 17 heavy (non-hydrogen) atoms. The fraction of sp³-hybridized carbons (Fsp3) is 0.300. The summed E-state index contributed by atoms with van der Waals surface area (Å²) in [6, 6.07) is 3.90. The molecule has 3 N–H and O–H groups in total. The van der Waals surface area contributed by atoms with E-state index in [4.69, 9.17) is 5.73 Å². The standard InChI is InChI=1S/C10H12BrN3O3/c1-6(5-12)13-10(15)7-2-8(11)4-9(3-7)14(16)17/h2-4,6H,5,12H2,1H3,(H,13,15)/t6-/m1/s1. The van der Waals surface area contributed by atoms with Crippen molar-refractivity contribution in [2.75, 3.05) is 6.54 Å². The maximum Gasteiger partial charge on any atom is 0.271 e. The van der Waals surface area contributed by atoms with Gasteiger partial charge in [-0.05, 0) is 13.0 Å². The van der Waals surface area contributed by atoms with Crippen LogP contribution in [0.15, 0.2) is 22.7 Å². The van der Waals surface area contributed by atoms with E-state index < -0.39 is 4.92 Å². The maximum absolute atomic E-state index is 11.7. The van der Waals surface area contributed by atoms with Crippen LogP contribution >= 0.6 is 15.9 Å². The van der Waals surface area contributed by atoms with Gasteiger partial charge in [0.1, 0.15) is 0 Å². The lowest BCUT2D eigenvalue weighted by molar-refractivity contribution is -0.385. The predicted octanol–water partition coefficient (Wildman–Crippen LogP) is 1.43. The summed E-state index contributed by atoms with van der Waals surface area (Å²) >= 11 is 3.12. The van der Waals surface area contributed by atoms with Crippen molar-refractivity contribution in [2.45, 2.75) is 13.0 Å². The van der Waals surface area contributed by atoms with Crippen LogP contribution in [0.4, 0.5) is 5.69 Å². The van der Waals surface area contributed by atoms with Crippen LogP contribution in [0.1, 0.15) is 17.3 Å². The summed E-state index contributed by atoms with van der Waals surface area (Å²) in [6.45, 7) is 2.06. The Hall–Kier alpha value is -1.47. The molecular formula is C10H12BrN3O3. The number of amides is 1. The van der Waals surface area contributed by atoms with Crippen molar-refractivity contribution in [1.29, 1.82) is 0 Å². The Morgan fingerprint density at radius 2 is 2.24 bits per heavy atom. The number of nitrogens with two attached hydrogens (primary N) is 1. The lowest BCUT2D eigenvalue weighted by Gasteiger charge is -2.11. The highest BCUT2D eigenvalue weighted by Crippen LogP contribution is 2.21. The third kappa shape index (κ3) is 3.79. The fourth-order valence-electron chi connectivity index (χ4n) is 1.18. The highest BCUT2D eigenvalue weighted by Gasteiger charge is 2.14. The molecule has 0 radical (unpaired) electrons. The van der Waals surface area contributed by atoms with Crippen molar-refractivity contribution in [3.8, 4) is 0 Å². The Morgan fingerprint density at radius 1 is 1.59 bits per heavy atom. The zero-order valence-electron chi connectivity index (χ0n) is 9.14. The average Bonchev–Trinajstić information content (AvgIpc) is 2.27. The minimum absolute atomic E-state index is 0.134. The van der Waals surface area contributed by atoms with Crippen LogP contribution in [0.3, 0.4) is 0 Å². The zero-order chi connectivity index (χ0) is 13.0. The van der Waals surface area contributed by atoms with E-state index in [1.807, 2.05) is 0 Å². The molecule has 1 atom stereocenters. The lowest BCUT2D eigenvalue weighted by atomic mass is 10.2. The first-order valence-corrected chi connectivity index (χ1v) is 5.69. The summed E-state index contributed by atoms with van der Waals surface area (Å²) in [5.41, 5.74) is 5.47. The Labute approximate surface area is 106 Å². The molecule has 0 spiro atoms. The number of rotatable bonds is 4. The van der Waals surface area contributed by atoms with Crippen LogP contribution in [-0.4, -0.2) is 23.4 Å². The summed E-state index contributed by atoms with van der Waals surface area (Å²) in [7, 11) is 0. The van der Waals surface area contributed by atoms with E-state index in [0.29, 0.717) is 11.0 Å². The molecule has 0 fully saturated rings. The fourth-order valence-corrected chi connectivity index (χ4v) is 1.66. The molecule has 0 aliphatic heterocycles. The molecule has 0 heterocycles. The van der Waals surface area contributed by atoms with Gasteiger partial charge in [0.25, 0.3) is 11.6 Å². The summed E-state index contributed by atoms with van der Waals surface area (Å²) in [5, 5.41) is 13.3. The average molecular weight is 302 g/mol. The first kappa shape index (κ1) is 13.6. The topological polar surface area (TPSA) is 98.3 Å². The molecule has 0 saturated heterocycles. The molecule has 1 aromatic rings. The Morgan fingerprint density at radius 3 is 2.76 bits per heavy atom. The summed E-state index contributed by atoms with van der Waals surface area (Å²) in [4.78, 5) is 21.8. The van der Waals surface area contributed by atoms with Gasteiger partial charge in [0.05, 0.1) is 4.92 Å². The van der Waals surface area contributed by atoms with Gasteiger partial charge in [0.2, 0.25) is 0 Å². The molecule has 1 amide bonds. The molecule has 0 aromatic heterocycles. The number of halogens is 1. The molecule has 1 aromatic carbocycles. The van der Waals surface area contributed by atoms with Gasteiger partial charge in [0.15, 0.2) is 0 Å². The molecule has 7 heteroatoms. The van der Waals surface area contributed by atoms with Crippen molar-refractivity contribution in [2.24, 2.45) is 5.73 Å². The Bertz CT molecular complexity index is 450. The van der Waals surface area contributed by atoms with Crippen LogP contribution in [0.25, 0.3) is 0 Å². The highest BCUT2D eigenvalue weighted by molar-refractivity contribution is 9.10. The second-order valence-corrected chi connectivity index (χ2v) is 4.48. The van der Waals surface area contributed by atoms with Crippen LogP contribution in [0.5, 0.6) is 0 Å². The number of nitrogens with one attached hydrogen (secondary N) is 1. The monoisotopic (exact) mass is 301 g/mol. The zero-order valence-corrected chi connectivity index (χ0v) is 10.7. The second-order valence-electron chi connectivity index (χ2n) is 3.57. The first-order valence-electron chi connectivity index (χ1n) is 4.90. The van der Waals surface area contributed by atoms with Crippen LogP contribution in [0, 0.1) is 10.1 Å². The smallest absolute Gasteiger partial charge is 0.271 e. The number of hydrogen-bond acceptors (Lipinski definition) is 4. The number of carbonyl (C=O) groups is 1. The van der Waals surface area contributed by atoms with E-state index in [2.05, 4.69) is 21.2 Å². The Kier molecular flexibility index (Phi) is 4.59. The molecule has 92 valence electrons. The van der Waals surface area contributed by atoms with Gasteiger partial charge in [-0.1, -0.05) is 15.9 Å². The van der Waals surface area contributed by atoms with Crippen LogP contribution < -0.4 is 11.1 Å². The number of nitro benzene ring substituents is 1. The van der Waals surface area contributed by atoms with Gasteiger partial charge in [0, 0.05) is 34.8 Å². The van der Waals surface area contributed by atoms with Crippen molar-refractivity contribution in [1.82, 2.24) is 5.32 Å². The molecule has 6 nitrogen and oxygen atoms in total. The first-order chi connectivity index (χ1) is 7.93. The number of nitro groups is 1. The van der Waals surface area contributed by atoms with Crippen molar-refractivity contribution >= 4 is 27.5 Å². The van der Waals surface area contributed by atoms with Gasteiger partial charge in [-0.3, -0.25) is 14.9 Å². The second kappa shape index (κ2) is 5.74. The number of nitrogens with zero attached hydrogens (tertiary/aromatic N) is 1. The quantitative estimate of drug-likeness (QED) is 0.649. The van der Waals surface area contributed by atoms with Gasteiger partial charge >= 0.3 is 0 Å². The van der Waals surface area contributed by atoms with E-state index in [9.17, 15) is 14.9 Å². The lowest BCUT2D eigenvalue weighted by Crippen LogP contribution is -2.37. The highest BCUT2D eigenvalue weighted by atomic mass is 79.9. The minimum atomic E-state index is -0.548. The third-order valence-electron chi connectivity index (χ3n) is 2.09. The molecule has 0 aliphatic carbocycles. The number of carbonyl (C=O) groups excluding carboxylic acids is 1. The van der Waals surface area contributed by atoms with E-state index >= 15 is 0 Å². The van der Waals surface area contributed by atoms with Crippen molar-refractivity contribution in [3.63, 3.8) is 0 Å². The molecule has 0 aliphatic rings. The maximum atomic E-state index is 11.7. The van der Waals surface area contributed by atoms with Gasteiger partial charge < -0.3 is 11.1 Å².